The van der Waals surface area contributed by atoms with Gasteiger partial charge in [-0.25, -0.2) is 4.39 Å². The number of likely N-dealkylation sites (tertiary alicyclic amines) is 1. The van der Waals surface area contributed by atoms with Crippen molar-refractivity contribution in [1.29, 1.82) is 0 Å². The van der Waals surface area contributed by atoms with Gasteiger partial charge in [-0.05, 0) is 62.2 Å². The van der Waals surface area contributed by atoms with E-state index in [2.05, 4.69) is 20.4 Å². The van der Waals surface area contributed by atoms with E-state index in [9.17, 15) is 4.39 Å². The summed E-state index contributed by atoms with van der Waals surface area (Å²) in [5, 5.41) is 7.47. The topological polar surface area (TPSA) is 54.2 Å². The summed E-state index contributed by atoms with van der Waals surface area (Å²) in [6.45, 7) is 5.14. The summed E-state index contributed by atoms with van der Waals surface area (Å²) < 4.78 is 18.3. The molecule has 0 radical (unpaired) electrons. The summed E-state index contributed by atoms with van der Waals surface area (Å²) in [5.41, 5.74) is 0.773. The van der Waals surface area contributed by atoms with Gasteiger partial charge in [0.05, 0.1) is 6.54 Å². The number of hydrogen-bond donors (Lipinski definition) is 1. The molecule has 0 saturated carbocycles. The van der Waals surface area contributed by atoms with Gasteiger partial charge in [-0.15, -0.1) is 12.4 Å². The molecule has 2 saturated heterocycles. The standard InChI is InChI=1S/C16H19FN4O.ClH/c17-14-3-1-11(2-4-14)16-19-15(22-20-16)10-21-6-5-12-7-18-8-13(12)9-21;/h1-4,12-13,18H,5-10H2;1H. The van der Waals surface area contributed by atoms with E-state index in [1.165, 1.54) is 18.6 Å². The van der Waals surface area contributed by atoms with Crippen molar-refractivity contribution in [2.24, 2.45) is 11.8 Å². The van der Waals surface area contributed by atoms with E-state index in [0.29, 0.717) is 18.3 Å². The summed E-state index contributed by atoms with van der Waals surface area (Å²) in [5.74, 6) is 2.46. The number of hydrogen-bond acceptors (Lipinski definition) is 5. The molecule has 2 unspecified atom stereocenters. The molecule has 2 aliphatic heterocycles. The van der Waals surface area contributed by atoms with Crippen LogP contribution in [-0.4, -0.2) is 41.2 Å². The molecule has 124 valence electrons. The number of nitrogens with zero attached hydrogens (tertiary/aromatic N) is 3. The fourth-order valence-corrected chi connectivity index (χ4v) is 3.48. The molecule has 1 N–H and O–H groups in total. The van der Waals surface area contributed by atoms with Crippen LogP contribution in [0.25, 0.3) is 11.4 Å². The maximum Gasteiger partial charge on any atom is 0.241 e. The van der Waals surface area contributed by atoms with Crippen molar-refractivity contribution in [1.82, 2.24) is 20.4 Å². The summed E-state index contributed by atoms with van der Waals surface area (Å²) in [7, 11) is 0. The van der Waals surface area contributed by atoms with Gasteiger partial charge in [0.2, 0.25) is 11.7 Å². The van der Waals surface area contributed by atoms with Crippen LogP contribution < -0.4 is 5.32 Å². The molecular weight excluding hydrogens is 319 g/mol. The van der Waals surface area contributed by atoms with Gasteiger partial charge in [0.1, 0.15) is 5.82 Å². The minimum Gasteiger partial charge on any atom is -0.338 e. The average Bonchev–Trinajstić information content (AvgIpc) is 3.17. The van der Waals surface area contributed by atoms with Gasteiger partial charge < -0.3 is 9.84 Å². The van der Waals surface area contributed by atoms with Gasteiger partial charge in [0.15, 0.2) is 0 Å². The second-order valence-corrected chi connectivity index (χ2v) is 6.22. The highest BCUT2D eigenvalue weighted by Crippen LogP contribution is 2.27. The average molecular weight is 339 g/mol. The molecule has 0 aliphatic carbocycles. The molecule has 0 bridgehead atoms. The molecule has 7 heteroatoms. The number of nitrogens with one attached hydrogen (secondary N) is 1. The lowest BCUT2D eigenvalue weighted by Crippen LogP contribution is -2.39. The Morgan fingerprint density at radius 1 is 1.22 bits per heavy atom. The zero-order chi connectivity index (χ0) is 14.9. The third-order valence-corrected chi connectivity index (χ3v) is 4.72. The van der Waals surface area contributed by atoms with Crippen molar-refractivity contribution < 1.29 is 8.91 Å². The quantitative estimate of drug-likeness (QED) is 0.931. The molecule has 5 nitrogen and oxygen atoms in total. The van der Waals surface area contributed by atoms with E-state index in [1.807, 2.05) is 0 Å². The first-order chi connectivity index (χ1) is 10.8. The van der Waals surface area contributed by atoms with Crippen LogP contribution >= 0.6 is 12.4 Å². The molecule has 0 spiro atoms. The summed E-state index contributed by atoms with van der Waals surface area (Å²) >= 11 is 0. The molecule has 3 heterocycles. The highest BCUT2D eigenvalue weighted by Gasteiger charge is 2.33. The van der Waals surface area contributed by atoms with Crippen molar-refractivity contribution in [3.63, 3.8) is 0 Å². The van der Waals surface area contributed by atoms with Crippen molar-refractivity contribution in [2.45, 2.75) is 13.0 Å². The smallest absolute Gasteiger partial charge is 0.241 e. The first kappa shape index (κ1) is 16.4. The lowest BCUT2D eigenvalue weighted by molar-refractivity contribution is 0.128. The lowest BCUT2D eigenvalue weighted by Gasteiger charge is -2.33. The maximum absolute atomic E-state index is 12.9. The third kappa shape index (κ3) is 3.54. The fraction of sp³-hybridized carbons (Fsp3) is 0.500. The SMILES string of the molecule is Cl.Fc1ccc(-c2noc(CN3CCC4CNCC4C3)n2)cc1. The molecule has 4 rings (SSSR count). The molecule has 2 aliphatic rings. The Hall–Kier alpha value is -1.50. The molecule has 2 atom stereocenters. The Morgan fingerprint density at radius 3 is 2.83 bits per heavy atom. The number of benzene rings is 1. The van der Waals surface area contributed by atoms with Crippen molar-refractivity contribution >= 4 is 12.4 Å². The first-order valence-electron chi connectivity index (χ1n) is 7.79. The zero-order valence-electron chi connectivity index (χ0n) is 12.7. The second kappa shape index (κ2) is 6.95. The Bertz CT molecular complexity index is 648. The van der Waals surface area contributed by atoms with E-state index < -0.39 is 0 Å². The van der Waals surface area contributed by atoms with Crippen LogP contribution in [0.5, 0.6) is 0 Å². The van der Waals surface area contributed by atoms with E-state index >= 15 is 0 Å². The van der Waals surface area contributed by atoms with E-state index in [-0.39, 0.29) is 18.2 Å². The maximum atomic E-state index is 12.9. The van der Waals surface area contributed by atoms with Crippen LogP contribution in [0.4, 0.5) is 4.39 Å². The van der Waals surface area contributed by atoms with Crippen LogP contribution in [-0.2, 0) is 6.54 Å². The van der Waals surface area contributed by atoms with E-state index in [4.69, 9.17) is 4.52 Å². The molecule has 23 heavy (non-hydrogen) atoms. The molecule has 0 amide bonds. The normalized spacial score (nSPS) is 24.2. The molecular formula is C16H20ClFN4O. The lowest BCUT2D eigenvalue weighted by atomic mass is 9.89. The minimum absolute atomic E-state index is 0. The predicted molar refractivity (Wildman–Crippen MR) is 86.7 cm³/mol. The number of aromatic nitrogens is 2. The van der Waals surface area contributed by atoms with E-state index in [0.717, 1.165) is 43.6 Å². The third-order valence-electron chi connectivity index (χ3n) is 4.72. The highest BCUT2D eigenvalue weighted by atomic mass is 35.5. The van der Waals surface area contributed by atoms with Crippen LogP contribution in [0.2, 0.25) is 0 Å². The monoisotopic (exact) mass is 338 g/mol. The van der Waals surface area contributed by atoms with Gasteiger partial charge in [-0.3, -0.25) is 4.90 Å². The Balaban J connectivity index is 0.00000156. The van der Waals surface area contributed by atoms with Crippen LogP contribution in [0.1, 0.15) is 12.3 Å². The second-order valence-electron chi connectivity index (χ2n) is 6.22. The van der Waals surface area contributed by atoms with Crippen molar-refractivity contribution in [3.8, 4) is 11.4 Å². The molecule has 2 aromatic rings. The Morgan fingerprint density at radius 2 is 2.00 bits per heavy atom. The van der Waals surface area contributed by atoms with Crippen LogP contribution in [0.3, 0.4) is 0 Å². The van der Waals surface area contributed by atoms with Crippen LogP contribution in [0, 0.1) is 17.7 Å². The van der Waals surface area contributed by atoms with Gasteiger partial charge in [-0.1, -0.05) is 5.16 Å². The first-order valence-corrected chi connectivity index (χ1v) is 7.79. The number of rotatable bonds is 3. The van der Waals surface area contributed by atoms with Crippen molar-refractivity contribution in [2.75, 3.05) is 26.2 Å². The number of fused-ring (bicyclic) bond motifs is 1. The van der Waals surface area contributed by atoms with Gasteiger partial charge in [0, 0.05) is 12.1 Å². The largest absolute Gasteiger partial charge is 0.338 e. The van der Waals surface area contributed by atoms with Crippen molar-refractivity contribution in [3.05, 3.63) is 36.0 Å². The minimum atomic E-state index is -0.263. The van der Waals surface area contributed by atoms with Gasteiger partial charge in [-0.2, -0.15) is 4.98 Å². The number of piperidine rings is 1. The Labute approximate surface area is 140 Å². The summed E-state index contributed by atoms with van der Waals surface area (Å²) in [6.07, 6.45) is 1.23. The molecule has 1 aromatic heterocycles. The molecule has 2 fully saturated rings. The zero-order valence-corrected chi connectivity index (χ0v) is 13.6. The highest BCUT2D eigenvalue weighted by molar-refractivity contribution is 5.85. The summed E-state index contributed by atoms with van der Waals surface area (Å²) in [6, 6.07) is 6.14. The van der Waals surface area contributed by atoms with Gasteiger partial charge in [0.25, 0.3) is 0 Å². The molecule has 1 aromatic carbocycles. The van der Waals surface area contributed by atoms with E-state index in [1.54, 1.807) is 12.1 Å². The van der Waals surface area contributed by atoms with Crippen LogP contribution in [0.15, 0.2) is 28.8 Å². The fourth-order valence-electron chi connectivity index (χ4n) is 3.48. The summed E-state index contributed by atoms with van der Waals surface area (Å²) in [4.78, 5) is 6.82. The Kier molecular flexibility index (Phi) is 4.94. The number of halogens is 2. The predicted octanol–water partition coefficient (Wildman–Crippen LogP) is 2.34. The van der Waals surface area contributed by atoms with Gasteiger partial charge >= 0.3 is 0 Å².